The van der Waals surface area contributed by atoms with Crippen LogP contribution in [0.5, 0.6) is 0 Å². The molecule has 6 nitrogen and oxygen atoms in total. The monoisotopic (exact) mass is 356 g/mol. The first-order valence-electron chi connectivity index (χ1n) is 9.47. The summed E-state index contributed by atoms with van der Waals surface area (Å²) in [6.07, 6.45) is 2.74. The molecule has 1 rings (SSSR count). The largest absolute Gasteiger partial charge is 0.466 e. The van der Waals surface area contributed by atoms with Crippen molar-refractivity contribution < 1.29 is 19.1 Å². The second kappa shape index (κ2) is 9.41. The van der Waals surface area contributed by atoms with E-state index in [0.717, 1.165) is 25.9 Å². The van der Waals surface area contributed by atoms with E-state index in [-0.39, 0.29) is 12.1 Å². The molecule has 146 valence electrons. The fourth-order valence-corrected chi connectivity index (χ4v) is 3.13. The molecule has 0 unspecified atom stereocenters. The zero-order chi connectivity index (χ0) is 19.1. The van der Waals surface area contributed by atoms with E-state index in [2.05, 4.69) is 18.9 Å². The summed E-state index contributed by atoms with van der Waals surface area (Å²) in [6.45, 7) is 13.0. The fraction of sp³-hybridized carbons (Fsp3) is 0.895. The molecule has 0 aliphatic carbocycles. The number of nitrogens with zero attached hydrogens (tertiary/aromatic N) is 2. The zero-order valence-corrected chi connectivity index (χ0v) is 16.9. The van der Waals surface area contributed by atoms with Gasteiger partial charge in [0, 0.05) is 13.1 Å². The fourth-order valence-electron chi connectivity index (χ4n) is 3.13. The second-order valence-corrected chi connectivity index (χ2v) is 7.97. The van der Waals surface area contributed by atoms with E-state index in [1.165, 1.54) is 0 Å². The number of hydrogen-bond acceptors (Lipinski definition) is 5. The Bertz CT molecular complexity index is 437. The van der Waals surface area contributed by atoms with E-state index >= 15 is 0 Å². The van der Waals surface area contributed by atoms with Crippen molar-refractivity contribution in [1.29, 1.82) is 0 Å². The summed E-state index contributed by atoms with van der Waals surface area (Å²) in [6, 6.07) is 0. The maximum absolute atomic E-state index is 12.6. The van der Waals surface area contributed by atoms with Crippen molar-refractivity contribution in [3.63, 3.8) is 0 Å². The lowest BCUT2D eigenvalue weighted by molar-refractivity contribution is -0.159. The topological polar surface area (TPSA) is 59.1 Å². The maximum Gasteiger partial charge on any atom is 0.410 e. The lowest BCUT2D eigenvalue weighted by Gasteiger charge is -2.40. The van der Waals surface area contributed by atoms with Gasteiger partial charge in [-0.05, 0) is 73.5 Å². The third kappa shape index (κ3) is 6.84. The highest BCUT2D eigenvalue weighted by Crippen LogP contribution is 2.38. The third-order valence-electron chi connectivity index (χ3n) is 4.82. The summed E-state index contributed by atoms with van der Waals surface area (Å²) in [7, 11) is 2.09. The number of piperidine rings is 1. The Morgan fingerprint density at radius 2 is 1.76 bits per heavy atom. The molecule has 0 bridgehead atoms. The van der Waals surface area contributed by atoms with Gasteiger partial charge in [0.15, 0.2) is 0 Å². The Labute approximate surface area is 152 Å². The summed E-state index contributed by atoms with van der Waals surface area (Å²) in [5, 5.41) is 0. The van der Waals surface area contributed by atoms with E-state index < -0.39 is 11.0 Å². The van der Waals surface area contributed by atoms with Crippen LogP contribution in [0.3, 0.4) is 0 Å². The molecule has 25 heavy (non-hydrogen) atoms. The van der Waals surface area contributed by atoms with Crippen molar-refractivity contribution in [2.75, 3.05) is 39.8 Å². The average Bonchev–Trinajstić information content (AvgIpc) is 2.53. The molecular formula is C19H36N2O4. The van der Waals surface area contributed by atoms with E-state index in [0.29, 0.717) is 32.5 Å². The minimum atomic E-state index is -0.502. The van der Waals surface area contributed by atoms with Gasteiger partial charge in [0.1, 0.15) is 5.60 Å². The van der Waals surface area contributed by atoms with Crippen molar-refractivity contribution in [3.8, 4) is 0 Å². The van der Waals surface area contributed by atoms with Gasteiger partial charge in [-0.25, -0.2) is 4.79 Å². The third-order valence-corrected chi connectivity index (χ3v) is 4.82. The number of hydrogen-bond donors (Lipinski definition) is 0. The summed E-state index contributed by atoms with van der Waals surface area (Å²) in [4.78, 5) is 28.8. The molecule has 1 saturated heterocycles. The van der Waals surface area contributed by atoms with E-state index in [1.807, 2.05) is 27.7 Å². The molecule has 0 N–H and O–H groups in total. The van der Waals surface area contributed by atoms with Gasteiger partial charge >= 0.3 is 12.1 Å². The molecular weight excluding hydrogens is 320 g/mol. The Morgan fingerprint density at radius 3 is 2.24 bits per heavy atom. The molecule has 0 aromatic heterocycles. The number of rotatable bonds is 7. The Morgan fingerprint density at radius 1 is 1.16 bits per heavy atom. The molecule has 0 aromatic carbocycles. The van der Waals surface area contributed by atoms with Gasteiger partial charge in [-0.2, -0.15) is 0 Å². The van der Waals surface area contributed by atoms with Crippen LogP contribution in [0.15, 0.2) is 0 Å². The summed E-state index contributed by atoms with van der Waals surface area (Å²) >= 11 is 0. The molecule has 0 aromatic rings. The summed E-state index contributed by atoms with van der Waals surface area (Å²) in [5.41, 5.74) is -0.972. The normalized spacial score (nSPS) is 17.5. The number of amides is 1. The minimum absolute atomic E-state index is 0.113. The van der Waals surface area contributed by atoms with Gasteiger partial charge in [-0.3, -0.25) is 4.79 Å². The molecule has 1 aliphatic rings. The highest BCUT2D eigenvalue weighted by atomic mass is 16.6. The van der Waals surface area contributed by atoms with E-state index in [4.69, 9.17) is 9.47 Å². The van der Waals surface area contributed by atoms with Crippen molar-refractivity contribution in [3.05, 3.63) is 0 Å². The van der Waals surface area contributed by atoms with Crippen LogP contribution in [0.2, 0.25) is 0 Å². The highest BCUT2D eigenvalue weighted by Gasteiger charge is 2.43. The zero-order valence-electron chi connectivity index (χ0n) is 16.9. The van der Waals surface area contributed by atoms with Gasteiger partial charge in [0.2, 0.25) is 0 Å². The van der Waals surface area contributed by atoms with Crippen LogP contribution in [-0.2, 0) is 14.3 Å². The lowest BCUT2D eigenvalue weighted by atomic mass is 9.74. The van der Waals surface area contributed by atoms with Crippen LogP contribution in [-0.4, -0.2) is 67.3 Å². The molecule has 1 heterocycles. The van der Waals surface area contributed by atoms with Crippen LogP contribution < -0.4 is 0 Å². The van der Waals surface area contributed by atoms with Crippen molar-refractivity contribution in [2.24, 2.45) is 5.41 Å². The van der Waals surface area contributed by atoms with Crippen molar-refractivity contribution in [2.45, 2.75) is 65.9 Å². The van der Waals surface area contributed by atoms with Crippen LogP contribution >= 0.6 is 0 Å². The Hall–Kier alpha value is -1.30. The van der Waals surface area contributed by atoms with Gasteiger partial charge in [0.25, 0.3) is 0 Å². The first-order valence-corrected chi connectivity index (χ1v) is 9.47. The molecule has 6 heteroatoms. The Kier molecular flexibility index (Phi) is 8.19. The first-order chi connectivity index (χ1) is 11.6. The quantitative estimate of drug-likeness (QED) is 0.655. The smallest absolute Gasteiger partial charge is 0.410 e. The molecule has 0 atom stereocenters. The molecule has 1 fully saturated rings. The second-order valence-electron chi connectivity index (χ2n) is 7.97. The number of esters is 1. The lowest BCUT2D eigenvalue weighted by Crippen LogP contribution is -2.48. The average molecular weight is 357 g/mol. The first kappa shape index (κ1) is 21.7. The van der Waals surface area contributed by atoms with Crippen molar-refractivity contribution in [1.82, 2.24) is 9.80 Å². The van der Waals surface area contributed by atoms with Crippen LogP contribution in [0.25, 0.3) is 0 Å². The predicted molar refractivity (Wildman–Crippen MR) is 98.5 cm³/mol. The molecule has 0 radical (unpaired) electrons. The number of ether oxygens (including phenoxy) is 2. The molecule has 1 aliphatic heterocycles. The molecule has 0 saturated carbocycles. The standard InChI is InChI=1S/C19H36N2O4/c1-7-20(6)13-9-10-19(16(22)24-8-2)11-14-21(15-12-19)17(23)25-18(3,4)5/h7-15H2,1-6H3. The number of carbonyl (C=O) groups excluding carboxylic acids is 2. The van der Waals surface area contributed by atoms with Crippen molar-refractivity contribution >= 4 is 12.1 Å². The van der Waals surface area contributed by atoms with Crippen LogP contribution in [0.1, 0.15) is 60.3 Å². The molecule has 1 amide bonds. The Balaban J connectivity index is 2.68. The van der Waals surface area contributed by atoms with Crippen LogP contribution in [0.4, 0.5) is 4.79 Å². The van der Waals surface area contributed by atoms with Gasteiger partial charge in [0.05, 0.1) is 12.0 Å². The number of likely N-dealkylation sites (tertiary alicyclic amines) is 1. The SMILES string of the molecule is CCOC(=O)C1(CCCN(C)CC)CCN(C(=O)OC(C)(C)C)CC1. The minimum Gasteiger partial charge on any atom is -0.466 e. The van der Waals surface area contributed by atoms with E-state index in [9.17, 15) is 9.59 Å². The number of carbonyl (C=O) groups is 2. The molecule has 0 spiro atoms. The highest BCUT2D eigenvalue weighted by molar-refractivity contribution is 5.77. The van der Waals surface area contributed by atoms with E-state index in [1.54, 1.807) is 4.90 Å². The van der Waals surface area contributed by atoms with Gasteiger partial charge < -0.3 is 19.3 Å². The maximum atomic E-state index is 12.6. The summed E-state index contributed by atoms with van der Waals surface area (Å²) < 4.78 is 10.8. The summed E-state index contributed by atoms with van der Waals surface area (Å²) in [5.74, 6) is -0.113. The van der Waals surface area contributed by atoms with Crippen LogP contribution in [0, 0.1) is 5.41 Å². The predicted octanol–water partition coefficient (Wildman–Crippen LogP) is 3.30. The van der Waals surface area contributed by atoms with Gasteiger partial charge in [-0.1, -0.05) is 6.92 Å². The van der Waals surface area contributed by atoms with Gasteiger partial charge in [-0.15, -0.1) is 0 Å².